The lowest BCUT2D eigenvalue weighted by atomic mass is 9.82. The molecule has 0 radical (unpaired) electrons. The first-order chi connectivity index (χ1) is 8.54. The average Bonchev–Trinajstić information content (AvgIpc) is 2.95. The first kappa shape index (κ1) is 13.5. The van der Waals surface area contributed by atoms with E-state index in [4.69, 9.17) is 0 Å². The molecule has 0 aromatic rings. The third kappa shape index (κ3) is 2.41. The number of carboxylic acid groups (broad SMARTS) is 1. The Morgan fingerprint density at radius 1 is 1.39 bits per heavy atom. The highest BCUT2D eigenvalue weighted by atomic mass is 32.2. The molecule has 5 heteroatoms. The van der Waals surface area contributed by atoms with E-state index in [1.54, 1.807) is 11.8 Å². The maximum Gasteiger partial charge on any atom is 0.307 e. The molecule has 0 saturated heterocycles. The van der Waals surface area contributed by atoms with Crippen molar-refractivity contribution in [2.75, 3.05) is 12.8 Å². The molecular formula is C13H19NO3S. The molecule has 2 aliphatic rings. The van der Waals surface area contributed by atoms with Gasteiger partial charge in [0.25, 0.3) is 0 Å². The van der Waals surface area contributed by atoms with Gasteiger partial charge in [-0.15, -0.1) is 0 Å². The molecule has 100 valence electrons. The minimum Gasteiger partial charge on any atom is -0.481 e. The van der Waals surface area contributed by atoms with Gasteiger partial charge in [0.05, 0.1) is 11.8 Å². The number of fused-ring (bicyclic) bond motifs is 2. The van der Waals surface area contributed by atoms with Crippen molar-refractivity contribution in [2.24, 2.45) is 23.7 Å². The third-order valence-corrected chi connectivity index (χ3v) is 4.98. The number of nitrogens with one attached hydrogen (secondary N) is 1. The second-order valence-corrected chi connectivity index (χ2v) is 6.41. The van der Waals surface area contributed by atoms with Crippen molar-refractivity contribution in [1.82, 2.24) is 5.32 Å². The van der Waals surface area contributed by atoms with Crippen LogP contribution < -0.4 is 5.32 Å². The zero-order chi connectivity index (χ0) is 13.3. The summed E-state index contributed by atoms with van der Waals surface area (Å²) in [6.45, 7) is 2.64. The molecular weight excluding hydrogens is 250 g/mol. The Bertz CT molecular complexity index is 382. The Kier molecular flexibility index (Phi) is 4.00. The highest BCUT2D eigenvalue weighted by molar-refractivity contribution is 7.99. The van der Waals surface area contributed by atoms with Crippen LogP contribution in [0.3, 0.4) is 0 Å². The molecule has 0 aromatic carbocycles. The molecule has 1 amide bonds. The molecule has 2 N–H and O–H groups in total. The molecule has 5 atom stereocenters. The number of amides is 1. The van der Waals surface area contributed by atoms with Crippen LogP contribution in [0.2, 0.25) is 0 Å². The van der Waals surface area contributed by atoms with Gasteiger partial charge in [-0.25, -0.2) is 0 Å². The third-order valence-electron chi connectivity index (χ3n) is 4.01. The summed E-state index contributed by atoms with van der Waals surface area (Å²) in [4.78, 5) is 23.4. The van der Waals surface area contributed by atoms with Crippen LogP contribution in [-0.4, -0.2) is 35.0 Å². The summed E-state index contributed by atoms with van der Waals surface area (Å²) in [5, 5.41) is 12.5. The van der Waals surface area contributed by atoms with Gasteiger partial charge < -0.3 is 10.4 Å². The fourth-order valence-electron chi connectivity index (χ4n) is 2.96. The predicted octanol–water partition coefficient (Wildman–Crippen LogP) is 1.38. The molecule has 1 fully saturated rings. The van der Waals surface area contributed by atoms with Crippen molar-refractivity contribution in [1.29, 1.82) is 0 Å². The molecule has 1 saturated carbocycles. The van der Waals surface area contributed by atoms with Gasteiger partial charge in [0, 0.05) is 11.8 Å². The lowest BCUT2D eigenvalue weighted by Gasteiger charge is -2.24. The molecule has 0 spiro atoms. The first-order valence-electron chi connectivity index (χ1n) is 6.26. The Morgan fingerprint density at radius 3 is 2.56 bits per heavy atom. The molecule has 0 aliphatic heterocycles. The Labute approximate surface area is 111 Å². The van der Waals surface area contributed by atoms with Gasteiger partial charge in [-0.2, -0.15) is 11.8 Å². The number of hydrogen-bond acceptors (Lipinski definition) is 3. The number of carbonyl (C=O) groups excluding carboxylic acids is 1. The number of carboxylic acids is 1. The monoisotopic (exact) mass is 269 g/mol. The number of carbonyl (C=O) groups is 2. The average molecular weight is 269 g/mol. The number of thioether (sulfide) groups is 1. The van der Waals surface area contributed by atoms with Crippen LogP contribution in [0.15, 0.2) is 12.2 Å². The second kappa shape index (κ2) is 5.34. The minimum atomic E-state index is -0.843. The number of aliphatic carboxylic acids is 1. The highest BCUT2D eigenvalue weighted by Crippen LogP contribution is 2.48. The van der Waals surface area contributed by atoms with E-state index in [2.05, 4.69) is 5.32 Å². The Morgan fingerprint density at radius 2 is 2.00 bits per heavy atom. The van der Waals surface area contributed by atoms with Crippen LogP contribution in [0.5, 0.6) is 0 Å². The van der Waals surface area contributed by atoms with Crippen LogP contribution >= 0.6 is 11.8 Å². The van der Waals surface area contributed by atoms with Crippen molar-refractivity contribution in [2.45, 2.75) is 18.6 Å². The Balaban J connectivity index is 2.01. The van der Waals surface area contributed by atoms with E-state index >= 15 is 0 Å². The van der Waals surface area contributed by atoms with E-state index in [-0.39, 0.29) is 23.7 Å². The first-order valence-corrected chi connectivity index (χ1v) is 7.55. The summed E-state index contributed by atoms with van der Waals surface area (Å²) < 4.78 is 0. The SMILES string of the molecule is CSC(C)CNC(=O)[C@H]1C2C=CC(C2)[C@H]1C(=O)O. The maximum atomic E-state index is 12.2. The van der Waals surface area contributed by atoms with Gasteiger partial charge in [0.15, 0.2) is 0 Å². The van der Waals surface area contributed by atoms with E-state index in [0.29, 0.717) is 11.8 Å². The number of hydrogen-bond donors (Lipinski definition) is 2. The van der Waals surface area contributed by atoms with E-state index in [1.165, 1.54) is 0 Å². The van der Waals surface area contributed by atoms with E-state index in [9.17, 15) is 14.7 Å². The maximum absolute atomic E-state index is 12.2. The lowest BCUT2D eigenvalue weighted by Crippen LogP contribution is -2.41. The van der Waals surface area contributed by atoms with Crippen molar-refractivity contribution in [3.05, 3.63) is 12.2 Å². The van der Waals surface area contributed by atoms with Gasteiger partial charge in [0.2, 0.25) is 5.91 Å². The zero-order valence-corrected chi connectivity index (χ0v) is 11.4. The summed E-state index contributed by atoms with van der Waals surface area (Å²) >= 11 is 1.69. The van der Waals surface area contributed by atoms with Gasteiger partial charge in [-0.3, -0.25) is 9.59 Å². The minimum absolute atomic E-state index is 0.0428. The smallest absolute Gasteiger partial charge is 0.307 e. The van der Waals surface area contributed by atoms with Crippen LogP contribution in [-0.2, 0) is 9.59 Å². The van der Waals surface area contributed by atoms with Crippen molar-refractivity contribution in [3.63, 3.8) is 0 Å². The van der Waals surface area contributed by atoms with E-state index < -0.39 is 11.9 Å². The van der Waals surface area contributed by atoms with Gasteiger partial charge >= 0.3 is 5.97 Å². The van der Waals surface area contributed by atoms with Gasteiger partial charge in [-0.05, 0) is 24.5 Å². The normalized spacial score (nSPS) is 34.6. The fourth-order valence-corrected chi connectivity index (χ4v) is 3.21. The summed E-state index contributed by atoms with van der Waals surface area (Å²) in [7, 11) is 0. The molecule has 2 aliphatic carbocycles. The van der Waals surface area contributed by atoms with Crippen molar-refractivity contribution in [3.8, 4) is 0 Å². The zero-order valence-electron chi connectivity index (χ0n) is 10.6. The standard InChI is InChI=1S/C13H19NO3S/c1-7(18-2)6-14-12(15)10-8-3-4-9(5-8)11(10)13(16)17/h3-4,7-11H,5-6H2,1-2H3,(H,14,15)(H,16,17)/t7?,8?,9?,10-,11+/m0/s1. The molecule has 2 bridgehead atoms. The highest BCUT2D eigenvalue weighted by Gasteiger charge is 2.51. The summed E-state index contributed by atoms with van der Waals surface area (Å²) in [6.07, 6.45) is 6.77. The molecule has 4 nitrogen and oxygen atoms in total. The van der Waals surface area contributed by atoms with Crippen LogP contribution in [0.4, 0.5) is 0 Å². The largest absolute Gasteiger partial charge is 0.481 e. The van der Waals surface area contributed by atoms with Gasteiger partial charge in [0.1, 0.15) is 0 Å². The van der Waals surface area contributed by atoms with E-state index in [0.717, 1.165) is 6.42 Å². The Hall–Kier alpha value is -0.970. The van der Waals surface area contributed by atoms with Crippen molar-refractivity contribution >= 4 is 23.6 Å². The number of rotatable bonds is 5. The summed E-state index contributed by atoms with van der Waals surface area (Å²) in [5.41, 5.74) is 0. The lowest BCUT2D eigenvalue weighted by molar-refractivity contribution is -0.147. The molecule has 0 heterocycles. The molecule has 18 heavy (non-hydrogen) atoms. The van der Waals surface area contributed by atoms with Crippen LogP contribution in [0.1, 0.15) is 13.3 Å². The second-order valence-electron chi connectivity index (χ2n) is 5.13. The molecule has 0 aromatic heterocycles. The molecule has 2 rings (SSSR count). The van der Waals surface area contributed by atoms with Crippen molar-refractivity contribution < 1.29 is 14.7 Å². The predicted molar refractivity (Wildman–Crippen MR) is 71.3 cm³/mol. The summed E-state index contributed by atoms with van der Waals surface area (Å²) in [5.74, 6) is -1.71. The molecule has 3 unspecified atom stereocenters. The topological polar surface area (TPSA) is 66.4 Å². The number of allylic oxidation sites excluding steroid dienone is 2. The summed E-state index contributed by atoms with van der Waals surface area (Å²) in [6, 6.07) is 0. The quantitative estimate of drug-likeness (QED) is 0.740. The fraction of sp³-hybridized carbons (Fsp3) is 0.692. The van der Waals surface area contributed by atoms with Gasteiger partial charge in [-0.1, -0.05) is 19.1 Å². The van der Waals surface area contributed by atoms with Crippen LogP contribution in [0, 0.1) is 23.7 Å². The van der Waals surface area contributed by atoms with E-state index in [1.807, 2.05) is 25.3 Å². The van der Waals surface area contributed by atoms with Crippen LogP contribution in [0.25, 0.3) is 0 Å².